The fraction of sp³-hybridized carbons (Fsp3) is 0.308. The summed E-state index contributed by atoms with van der Waals surface area (Å²) in [5, 5.41) is 0. The van der Waals surface area contributed by atoms with Crippen molar-refractivity contribution in [2.45, 2.75) is 46.0 Å². The monoisotopic (exact) mass is 356 g/mol. The lowest BCUT2D eigenvalue weighted by Crippen LogP contribution is -1.90. The largest absolute Gasteiger partial charge is 0.494 e. The third-order valence-corrected chi connectivity index (χ3v) is 4.12. The van der Waals surface area contributed by atoms with Crippen LogP contribution in [0.5, 0.6) is 5.75 Å². The molecule has 0 saturated heterocycles. The summed E-state index contributed by atoms with van der Waals surface area (Å²) < 4.78 is 5.42. The molecule has 0 radical (unpaired) electrons. The average Bonchev–Trinajstić information content (AvgIpc) is 2.70. The summed E-state index contributed by atoms with van der Waals surface area (Å²) in [4.78, 5) is 0. The van der Waals surface area contributed by atoms with Crippen LogP contribution in [0, 0.1) is 23.7 Å². The summed E-state index contributed by atoms with van der Waals surface area (Å²) in [6.07, 6.45) is 9.94. The van der Waals surface area contributed by atoms with Gasteiger partial charge in [-0.15, -0.1) is 0 Å². The maximum absolute atomic E-state index is 5.42. The SMILES string of the molecule is CCCCCCc1ccc(C#C/C=C/C#Cc2ccc(OCC)cc2)cc1. The van der Waals surface area contributed by atoms with Gasteiger partial charge in [-0.05, 0) is 73.9 Å². The summed E-state index contributed by atoms with van der Waals surface area (Å²) in [7, 11) is 0. The van der Waals surface area contributed by atoms with E-state index in [9.17, 15) is 0 Å². The number of ether oxygens (including phenoxy) is 1. The van der Waals surface area contributed by atoms with Crippen LogP contribution < -0.4 is 4.74 Å². The molecule has 0 bridgehead atoms. The molecule has 0 unspecified atom stereocenters. The lowest BCUT2D eigenvalue weighted by Gasteiger charge is -2.01. The van der Waals surface area contributed by atoms with Crippen LogP contribution in [0.25, 0.3) is 0 Å². The van der Waals surface area contributed by atoms with E-state index in [1.165, 1.54) is 31.2 Å². The molecule has 0 heterocycles. The Balaban J connectivity index is 1.80. The molecular weight excluding hydrogens is 328 g/mol. The molecule has 0 aliphatic rings. The quantitative estimate of drug-likeness (QED) is 0.426. The zero-order valence-electron chi connectivity index (χ0n) is 16.4. The second-order valence-electron chi connectivity index (χ2n) is 6.34. The molecule has 1 nitrogen and oxygen atoms in total. The molecule has 138 valence electrons. The van der Waals surface area contributed by atoms with Crippen molar-refractivity contribution in [3.63, 3.8) is 0 Å². The second-order valence-corrected chi connectivity index (χ2v) is 6.34. The second kappa shape index (κ2) is 12.5. The van der Waals surface area contributed by atoms with E-state index in [-0.39, 0.29) is 0 Å². The maximum atomic E-state index is 5.42. The highest BCUT2D eigenvalue weighted by Gasteiger charge is 1.94. The Morgan fingerprint density at radius 3 is 1.89 bits per heavy atom. The van der Waals surface area contributed by atoms with E-state index in [2.05, 4.69) is 54.9 Å². The van der Waals surface area contributed by atoms with Crippen LogP contribution in [0.1, 0.15) is 56.2 Å². The van der Waals surface area contributed by atoms with Gasteiger partial charge in [-0.25, -0.2) is 0 Å². The standard InChI is InChI=1S/C26H28O/c1-3-5-6-9-12-23-15-17-24(18-16-23)13-10-7-8-11-14-25-19-21-26(22-20-25)27-4-2/h7-8,15-22H,3-6,9,12H2,1-2H3/b8-7+. The van der Waals surface area contributed by atoms with Crippen molar-refractivity contribution in [3.05, 3.63) is 77.4 Å². The summed E-state index contributed by atoms with van der Waals surface area (Å²) in [6, 6.07) is 16.4. The van der Waals surface area contributed by atoms with E-state index in [1.807, 2.05) is 31.2 Å². The smallest absolute Gasteiger partial charge is 0.119 e. The van der Waals surface area contributed by atoms with Crippen molar-refractivity contribution >= 4 is 0 Å². The van der Waals surface area contributed by atoms with Gasteiger partial charge < -0.3 is 4.74 Å². The van der Waals surface area contributed by atoms with Gasteiger partial charge in [0.1, 0.15) is 5.75 Å². The number of benzene rings is 2. The molecule has 2 aromatic rings. The van der Waals surface area contributed by atoms with E-state index in [0.717, 1.165) is 23.3 Å². The molecule has 2 aromatic carbocycles. The fourth-order valence-electron chi connectivity index (χ4n) is 2.65. The predicted octanol–water partition coefficient (Wildman–Crippen LogP) is 6.17. The van der Waals surface area contributed by atoms with Crippen molar-refractivity contribution in [1.29, 1.82) is 0 Å². The average molecular weight is 357 g/mol. The van der Waals surface area contributed by atoms with Crippen molar-refractivity contribution in [2.24, 2.45) is 0 Å². The van der Waals surface area contributed by atoms with Gasteiger partial charge >= 0.3 is 0 Å². The minimum Gasteiger partial charge on any atom is -0.494 e. The molecule has 0 spiro atoms. The van der Waals surface area contributed by atoms with Gasteiger partial charge in [0.25, 0.3) is 0 Å². The summed E-state index contributed by atoms with van der Waals surface area (Å²) in [5.74, 6) is 13.2. The van der Waals surface area contributed by atoms with Crippen LogP contribution >= 0.6 is 0 Å². The lowest BCUT2D eigenvalue weighted by atomic mass is 10.0. The molecule has 0 aliphatic heterocycles. The Labute approximate surface area is 164 Å². The Morgan fingerprint density at radius 1 is 0.741 bits per heavy atom. The Hall–Kier alpha value is -2.90. The molecular formula is C26H28O. The molecule has 0 aliphatic carbocycles. The van der Waals surface area contributed by atoms with Gasteiger partial charge in [-0.3, -0.25) is 0 Å². The highest BCUT2D eigenvalue weighted by molar-refractivity contribution is 5.42. The maximum Gasteiger partial charge on any atom is 0.119 e. The summed E-state index contributed by atoms with van der Waals surface area (Å²) >= 11 is 0. The molecule has 0 saturated carbocycles. The highest BCUT2D eigenvalue weighted by atomic mass is 16.5. The van der Waals surface area contributed by atoms with E-state index in [1.54, 1.807) is 12.2 Å². The molecule has 0 aromatic heterocycles. The first kappa shape index (κ1) is 20.4. The van der Waals surface area contributed by atoms with Gasteiger partial charge in [-0.2, -0.15) is 0 Å². The van der Waals surface area contributed by atoms with Crippen LogP contribution in [0.4, 0.5) is 0 Å². The molecule has 27 heavy (non-hydrogen) atoms. The van der Waals surface area contributed by atoms with Gasteiger partial charge in [0, 0.05) is 11.1 Å². The highest BCUT2D eigenvalue weighted by Crippen LogP contribution is 2.11. The minimum atomic E-state index is 0.675. The van der Waals surface area contributed by atoms with Crippen molar-refractivity contribution < 1.29 is 4.74 Å². The minimum absolute atomic E-state index is 0.675. The Kier molecular flexibility index (Phi) is 9.41. The Bertz CT molecular complexity index is 818. The zero-order valence-corrected chi connectivity index (χ0v) is 16.4. The van der Waals surface area contributed by atoms with Crippen LogP contribution in [-0.4, -0.2) is 6.61 Å². The first-order chi connectivity index (χ1) is 13.3. The van der Waals surface area contributed by atoms with Crippen molar-refractivity contribution in [1.82, 2.24) is 0 Å². The number of hydrogen-bond donors (Lipinski definition) is 0. The molecule has 0 amide bonds. The van der Waals surface area contributed by atoms with Crippen LogP contribution in [-0.2, 0) is 6.42 Å². The van der Waals surface area contributed by atoms with Crippen LogP contribution in [0.3, 0.4) is 0 Å². The van der Waals surface area contributed by atoms with E-state index < -0.39 is 0 Å². The van der Waals surface area contributed by atoms with Gasteiger partial charge in [-0.1, -0.05) is 62.0 Å². The van der Waals surface area contributed by atoms with E-state index in [4.69, 9.17) is 4.74 Å². The van der Waals surface area contributed by atoms with E-state index >= 15 is 0 Å². The van der Waals surface area contributed by atoms with Crippen LogP contribution in [0.2, 0.25) is 0 Å². The Morgan fingerprint density at radius 2 is 1.33 bits per heavy atom. The van der Waals surface area contributed by atoms with Crippen molar-refractivity contribution in [2.75, 3.05) is 6.61 Å². The lowest BCUT2D eigenvalue weighted by molar-refractivity contribution is 0.340. The molecule has 2 rings (SSSR count). The third-order valence-electron chi connectivity index (χ3n) is 4.12. The topological polar surface area (TPSA) is 9.23 Å². The molecule has 0 N–H and O–H groups in total. The predicted molar refractivity (Wildman–Crippen MR) is 115 cm³/mol. The number of hydrogen-bond acceptors (Lipinski definition) is 1. The normalized spacial score (nSPS) is 10.0. The summed E-state index contributed by atoms with van der Waals surface area (Å²) in [6.45, 7) is 4.89. The first-order valence-corrected chi connectivity index (χ1v) is 9.81. The first-order valence-electron chi connectivity index (χ1n) is 9.81. The number of aryl methyl sites for hydroxylation is 1. The van der Waals surface area contributed by atoms with Crippen molar-refractivity contribution in [3.8, 4) is 29.4 Å². The molecule has 0 atom stereocenters. The fourth-order valence-corrected chi connectivity index (χ4v) is 2.65. The van der Waals surface area contributed by atoms with Gasteiger partial charge in [0.2, 0.25) is 0 Å². The molecule has 0 fully saturated rings. The number of allylic oxidation sites excluding steroid dienone is 2. The van der Waals surface area contributed by atoms with E-state index in [0.29, 0.717) is 6.61 Å². The van der Waals surface area contributed by atoms with Crippen LogP contribution in [0.15, 0.2) is 60.7 Å². The summed E-state index contributed by atoms with van der Waals surface area (Å²) in [5.41, 5.74) is 3.40. The molecule has 1 heteroatoms. The number of unbranched alkanes of at least 4 members (excludes halogenated alkanes) is 3. The van der Waals surface area contributed by atoms with Gasteiger partial charge in [0.05, 0.1) is 6.61 Å². The zero-order chi connectivity index (χ0) is 19.2. The third kappa shape index (κ3) is 8.35. The van der Waals surface area contributed by atoms with Gasteiger partial charge in [0.15, 0.2) is 0 Å². The number of rotatable bonds is 7.